The van der Waals surface area contributed by atoms with Gasteiger partial charge in [0.2, 0.25) is 5.91 Å². The number of hydrogen-bond donors (Lipinski definition) is 2. The highest BCUT2D eigenvalue weighted by molar-refractivity contribution is 5.80. The van der Waals surface area contributed by atoms with Crippen molar-refractivity contribution in [1.82, 2.24) is 14.9 Å². The molecule has 0 aliphatic heterocycles. The Balaban J connectivity index is 2.06. The SMILES string of the molecule is C[C@@H](O)CNC(=O)Cn1cnc2ccccc21. The van der Waals surface area contributed by atoms with Crippen LogP contribution in [-0.4, -0.2) is 33.2 Å². The highest BCUT2D eigenvalue weighted by Gasteiger charge is 2.07. The molecule has 1 atom stereocenters. The molecule has 1 heterocycles. The Morgan fingerprint density at radius 2 is 2.29 bits per heavy atom. The molecule has 0 spiro atoms. The van der Waals surface area contributed by atoms with E-state index in [4.69, 9.17) is 5.11 Å². The zero-order chi connectivity index (χ0) is 12.3. The van der Waals surface area contributed by atoms with Gasteiger partial charge in [-0.1, -0.05) is 12.1 Å². The van der Waals surface area contributed by atoms with Gasteiger partial charge < -0.3 is 15.0 Å². The molecule has 0 radical (unpaired) electrons. The lowest BCUT2D eigenvalue weighted by molar-refractivity contribution is -0.122. The number of fused-ring (bicyclic) bond motifs is 1. The zero-order valence-corrected chi connectivity index (χ0v) is 9.63. The first-order valence-electron chi connectivity index (χ1n) is 5.51. The minimum absolute atomic E-state index is 0.131. The Hall–Kier alpha value is -1.88. The molecule has 0 unspecified atom stereocenters. The number of carbonyl (C=O) groups is 1. The van der Waals surface area contributed by atoms with Crippen molar-refractivity contribution in [2.24, 2.45) is 0 Å². The van der Waals surface area contributed by atoms with Gasteiger partial charge in [-0.15, -0.1) is 0 Å². The fraction of sp³-hybridized carbons (Fsp3) is 0.333. The van der Waals surface area contributed by atoms with Crippen molar-refractivity contribution in [1.29, 1.82) is 0 Å². The molecule has 2 rings (SSSR count). The summed E-state index contributed by atoms with van der Waals surface area (Å²) in [7, 11) is 0. The van der Waals surface area contributed by atoms with Crippen LogP contribution in [0.1, 0.15) is 6.92 Å². The number of nitrogens with one attached hydrogen (secondary N) is 1. The van der Waals surface area contributed by atoms with Gasteiger partial charge in [-0.2, -0.15) is 0 Å². The predicted octanol–water partition coefficient (Wildman–Crippen LogP) is 0.533. The molecule has 0 bridgehead atoms. The van der Waals surface area contributed by atoms with Crippen molar-refractivity contribution in [3.8, 4) is 0 Å². The Labute approximate surface area is 99.1 Å². The van der Waals surface area contributed by atoms with E-state index in [1.807, 2.05) is 24.3 Å². The molecule has 0 saturated carbocycles. The summed E-state index contributed by atoms with van der Waals surface area (Å²) >= 11 is 0. The van der Waals surface area contributed by atoms with E-state index in [1.54, 1.807) is 17.8 Å². The first kappa shape index (κ1) is 11.6. The molecule has 0 aliphatic rings. The van der Waals surface area contributed by atoms with Gasteiger partial charge in [-0.3, -0.25) is 4.79 Å². The molecular formula is C12H15N3O2. The van der Waals surface area contributed by atoms with Crippen molar-refractivity contribution in [3.63, 3.8) is 0 Å². The minimum Gasteiger partial charge on any atom is -0.392 e. The maximum absolute atomic E-state index is 11.6. The molecule has 5 heteroatoms. The van der Waals surface area contributed by atoms with Gasteiger partial charge in [-0.05, 0) is 19.1 Å². The number of benzene rings is 1. The van der Waals surface area contributed by atoms with E-state index < -0.39 is 6.10 Å². The summed E-state index contributed by atoms with van der Waals surface area (Å²) in [6, 6.07) is 7.64. The predicted molar refractivity (Wildman–Crippen MR) is 64.4 cm³/mol. The number of aliphatic hydroxyl groups excluding tert-OH is 1. The molecule has 5 nitrogen and oxygen atoms in total. The lowest BCUT2D eigenvalue weighted by atomic mass is 10.3. The smallest absolute Gasteiger partial charge is 0.240 e. The molecule has 0 fully saturated rings. The summed E-state index contributed by atoms with van der Waals surface area (Å²) in [5.41, 5.74) is 1.80. The number of rotatable bonds is 4. The highest BCUT2D eigenvalue weighted by Crippen LogP contribution is 2.11. The van der Waals surface area contributed by atoms with Crippen LogP contribution in [0.4, 0.5) is 0 Å². The van der Waals surface area contributed by atoms with Crippen molar-refractivity contribution < 1.29 is 9.90 Å². The van der Waals surface area contributed by atoms with Crippen LogP contribution < -0.4 is 5.32 Å². The van der Waals surface area contributed by atoms with Gasteiger partial charge in [0.1, 0.15) is 6.54 Å². The van der Waals surface area contributed by atoms with Crippen LogP contribution in [0, 0.1) is 0 Å². The average Bonchev–Trinajstić information content (AvgIpc) is 2.70. The summed E-state index contributed by atoms with van der Waals surface area (Å²) in [5.74, 6) is -0.131. The van der Waals surface area contributed by atoms with E-state index >= 15 is 0 Å². The molecule has 90 valence electrons. The van der Waals surface area contributed by atoms with Crippen LogP contribution in [0.2, 0.25) is 0 Å². The molecule has 2 aromatic rings. The fourth-order valence-corrected chi connectivity index (χ4v) is 1.61. The molecular weight excluding hydrogens is 218 g/mol. The Morgan fingerprint density at radius 1 is 1.53 bits per heavy atom. The first-order chi connectivity index (χ1) is 8.16. The molecule has 1 aromatic carbocycles. The van der Waals surface area contributed by atoms with Crippen LogP contribution >= 0.6 is 0 Å². The first-order valence-corrected chi connectivity index (χ1v) is 5.51. The monoisotopic (exact) mass is 233 g/mol. The van der Waals surface area contributed by atoms with E-state index in [-0.39, 0.29) is 19.0 Å². The maximum atomic E-state index is 11.6. The Kier molecular flexibility index (Phi) is 3.39. The van der Waals surface area contributed by atoms with Crippen molar-refractivity contribution >= 4 is 16.9 Å². The molecule has 0 saturated heterocycles. The summed E-state index contributed by atoms with van der Waals surface area (Å²) < 4.78 is 1.78. The number of hydrogen-bond acceptors (Lipinski definition) is 3. The molecule has 1 amide bonds. The van der Waals surface area contributed by atoms with Gasteiger partial charge in [-0.25, -0.2) is 4.98 Å². The van der Waals surface area contributed by atoms with Gasteiger partial charge in [0.15, 0.2) is 0 Å². The van der Waals surface area contributed by atoms with E-state index in [9.17, 15) is 4.79 Å². The topological polar surface area (TPSA) is 67.2 Å². The third-order valence-corrected chi connectivity index (χ3v) is 2.44. The second kappa shape index (κ2) is 4.97. The van der Waals surface area contributed by atoms with Crippen LogP contribution in [0.3, 0.4) is 0 Å². The number of aromatic nitrogens is 2. The fourth-order valence-electron chi connectivity index (χ4n) is 1.61. The summed E-state index contributed by atoms with van der Waals surface area (Å²) in [5, 5.41) is 11.7. The highest BCUT2D eigenvalue weighted by atomic mass is 16.3. The maximum Gasteiger partial charge on any atom is 0.240 e. The minimum atomic E-state index is -0.529. The molecule has 2 N–H and O–H groups in total. The van der Waals surface area contributed by atoms with Crippen molar-refractivity contribution in [3.05, 3.63) is 30.6 Å². The number of imidazole rings is 1. The molecule has 1 aromatic heterocycles. The zero-order valence-electron chi connectivity index (χ0n) is 9.63. The van der Waals surface area contributed by atoms with Crippen LogP contribution in [0.15, 0.2) is 30.6 Å². The lowest BCUT2D eigenvalue weighted by Gasteiger charge is -2.08. The number of amides is 1. The number of carbonyl (C=O) groups excluding carboxylic acids is 1. The van der Waals surface area contributed by atoms with Crippen molar-refractivity contribution in [2.75, 3.05) is 6.54 Å². The van der Waals surface area contributed by atoms with Crippen LogP contribution in [0.25, 0.3) is 11.0 Å². The second-order valence-electron chi connectivity index (χ2n) is 4.01. The van der Waals surface area contributed by atoms with Crippen LogP contribution in [0.5, 0.6) is 0 Å². The Morgan fingerprint density at radius 3 is 3.06 bits per heavy atom. The lowest BCUT2D eigenvalue weighted by Crippen LogP contribution is -2.33. The third-order valence-electron chi connectivity index (χ3n) is 2.44. The van der Waals surface area contributed by atoms with E-state index in [2.05, 4.69) is 10.3 Å². The summed E-state index contributed by atoms with van der Waals surface area (Å²) in [6.07, 6.45) is 1.12. The number of nitrogens with zero attached hydrogens (tertiary/aromatic N) is 2. The summed E-state index contributed by atoms with van der Waals surface area (Å²) in [4.78, 5) is 15.8. The van der Waals surface area contributed by atoms with Crippen LogP contribution in [-0.2, 0) is 11.3 Å². The second-order valence-corrected chi connectivity index (χ2v) is 4.01. The third kappa shape index (κ3) is 2.82. The van der Waals surface area contributed by atoms with Gasteiger partial charge in [0.05, 0.1) is 23.5 Å². The van der Waals surface area contributed by atoms with E-state index in [0.29, 0.717) is 0 Å². The van der Waals surface area contributed by atoms with Gasteiger partial charge >= 0.3 is 0 Å². The number of aliphatic hydroxyl groups is 1. The average molecular weight is 233 g/mol. The normalized spacial score (nSPS) is 12.6. The number of para-hydroxylation sites is 2. The standard InChI is InChI=1S/C12H15N3O2/c1-9(16)6-13-12(17)7-15-8-14-10-4-2-3-5-11(10)15/h2-5,8-9,16H,6-7H2,1H3,(H,13,17)/t9-/m1/s1. The molecule has 17 heavy (non-hydrogen) atoms. The van der Waals surface area contributed by atoms with Gasteiger partial charge in [0.25, 0.3) is 0 Å². The Bertz CT molecular complexity index is 519. The largest absolute Gasteiger partial charge is 0.392 e. The quantitative estimate of drug-likeness (QED) is 0.809. The van der Waals surface area contributed by atoms with E-state index in [0.717, 1.165) is 11.0 Å². The van der Waals surface area contributed by atoms with Crippen molar-refractivity contribution in [2.45, 2.75) is 19.6 Å². The molecule has 0 aliphatic carbocycles. The van der Waals surface area contributed by atoms with Gasteiger partial charge in [0, 0.05) is 6.54 Å². The van der Waals surface area contributed by atoms with E-state index in [1.165, 1.54) is 0 Å². The summed E-state index contributed by atoms with van der Waals surface area (Å²) in [6.45, 7) is 2.12.